The van der Waals surface area contributed by atoms with Crippen LogP contribution in [0.15, 0.2) is 0 Å². The molecular formula is C59H98N4O43. The topological polar surface area (TPSA) is 737 Å². The van der Waals surface area contributed by atoms with Crippen LogP contribution in [0.25, 0.3) is 0 Å². The molecule has 8 heterocycles. The maximum Gasteiger partial charge on any atom is 0.364 e. The van der Waals surface area contributed by atoms with Crippen LogP contribution in [0.2, 0.25) is 0 Å². The number of carbonyl (C=O) groups is 5. The zero-order chi connectivity index (χ0) is 78.6. The maximum absolute atomic E-state index is 13.5. The molecule has 0 aromatic heterocycles. The molecule has 0 unspecified atom stereocenters. The third-order valence-corrected chi connectivity index (χ3v) is 19.2. The minimum absolute atomic E-state index is 0.771. The number of aliphatic hydroxyl groups is 22. The minimum atomic E-state index is -3.28. The van der Waals surface area contributed by atoms with Crippen LogP contribution >= 0.6 is 0 Å². The van der Waals surface area contributed by atoms with E-state index in [4.69, 9.17) is 71.1 Å². The number of rotatable bonds is 28. The van der Waals surface area contributed by atoms with Gasteiger partial charge in [-0.1, -0.05) is 0 Å². The summed E-state index contributed by atoms with van der Waals surface area (Å²) in [5.41, 5.74) is 0. The Labute approximate surface area is 600 Å². The summed E-state index contributed by atoms with van der Waals surface area (Å²) in [5, 5.41) is 262. The predicted molar refractivity (Wildman–Crippen MR) is 327 cm³/mol. The Kier molecular flexibility index (Phi) is 30.9. The average Bonchev–Trinajstić information content (AvgIpc) is 0.559. The van der Waals surface area contributed by atoms with Crippen molar-refractivity contribution in [1.82, 2.24) is 21.3 Å². The second-order valence-electron chi connectivity index (χ2n) is 26.8. The van der Waals surface area contributed by atoms with Crippen LogP contribution in [-0.4, -0.2) is 444 Å². The number of aliphatic carboxylic acids is 1. The van der Waals surface area contributed by atoms with Gasteiger partial charge in [0.15, 0.2) is 44.0 Å². The van der Waals surface area contributed by atoms with Crippen LogP contribution in [0.5, 0.6) is 0 Å². The minimum Gasteiger partial charge on any atom is -0.477 e. The molecule has 8 aliphatic heterocycles. The van der Waals surface area contributed by atoms with Gasteiger partial charge in [0.2, 0.25) is 23.6 Å². The van der Waals surface area contributed by atoms with Gasteiger partial charge < -0.3 is 210 Å². The molecule has 0 aromatic rings. The lowest BCUT2D eigenvalue weighted by Crippen LogP contribution is -2.72. The fourth-order valence-corrected chi connectivity index (χ4v) is 13.6. The number of nitrogens with one attached hydrogen (secondary N) is 4. The Balaban J connectivity index is 1.08. The van der Waals surface area contributed by atoms with Gasteiger partial charge in [0.05, 0.1) is 58.5 Å². The van der Waals surface area contributed by atoms with Gasteiger partial charge in [-0.15, -0.1) is 0 Å². The van der Waals surface area contributed by atoms with E-state index in [0.717, 1.165) is 27.7 Å². The number of carbonyl (C=O) groups excluding carboxylic acids is 4. The normalized spacial score (nSPS) is 47.2. The molecule has 4 amide bonds. The van der Waals surface area contributed by atoms with Gasteiger partial charge in [-0.3, -0.25) is 19.2 Å². The highest BCUT2D eigenvalue weighted by molar-refractivity contribution is 5.76. The summed E-state index contributed by atoms with van der Waals surface area (Å²) < 4.78 is 88.6. The quantitative estimate of drug-likeness (QED) is 0.0346. The van der Waals surface area contributed by atoms with Crippen LogP contribution in [0.4, 0.5) is 0 Å². The Hall–Kier alpha value is -4.13. The second kappa shape index (κ2) is 37.5. The molecule has 8 saturated heterocycles. The number of hydrogen-bond acceptors (Lipinski definition) is 42. The largest absolute Gasteiger partial charge is 0.477 e. The van der Waals surface area contributed by atoms with Crippen molar-refractivity contribution in [2.45, 2.75) is 292 Å². The number of carboxylic acids is 1. The summed E-state index contributed by atoms with van der Waals surface area (Å²) >= 11 is 0. The third kappa shape index (κ3) is 19.1. The SMILES string of the molecule is CC(=O)N[C@@H]1[C@@H](O[C@@H]2O[C@H](CO)[C@H](O)[C@H](O[C@]3(C(=O)O)C[C@H](O)[C@@H](O)[C@H]([C@H](O)[C@H](O)CO)O3)[C@H]2O)[C@@H](O)[C@@H](CO[C@@H]2O[C@H](CO)[C@@H](O[C@@H]3O[C@@H](C)[C@@H](O)[C@@H](O)[C@@H]3O)[C@H](O[C@@H]3O[C@H](CO)[C@@H](O[C@@H]4O[C@H](CO)[C@H](O[C@H]5O[C@H](CO)[C@@H](O)[C@H](O)[C@H]5NC(C)=O)[C@H](O)[C@H]4O)[C@H](O)[C@H]3NC(C)=O)[C@H]2NC(C)=O)O[C@H]1O. The van der Waals surface area contributed by atoms with Crippen LogP contribution in [0.1, 0.15) is 41.0 Å². The zero-order valence-corrected chi connectivity index (χ0v) is 57.2. The van der Waals surface area contributed by atoms with Gasteiger partial charge in [0.25, 0.3) is 5.79 Å². The highest BCUT2D eigenvalue weighted by Gasteiger charge is 2.63. The molecule has 41 atom stereocenters. The lowest BCUT2D eigenvalue weighted by Gasteiger charge is -2.52. The fraction of sp³-hybridized carbons (Fsp3) is 0.915. The van der Waals surface area contributed by atoms with Gasteiger partial charge >= 0.3 is 5.97 Å². The van der Waals surface area contributed by atoms with Crippen molar-refractivity contribution in [3.05, 3.63) is 0 Å². The van der Waals surface area contributed by atoms with Crippen molar-refractivity contribution in [1.29, 1.82) is 0 Å². The summed E-state index contributed by atoms with van der Waals surface area (Å²) in [4.78, 5) is 64.5. The van der Waals surface area contributed by atoms with Crippen molar-refractivity contribution < 1.29 is 212 Å². The molecule has 0 bridgehead atoms. The molecule has 8 aliphatic rings. The number of hydrogen-bond donors (Lipinski definition) is 27. The van der Waals surface area contributed by atoms with E-state index in [0.29, 0.717) is 0 Å². The van der Waals surface area contributed by atoms with Crippen LogP contribution in [-0.2, 0) is 95.0 Å². The Bertz CT molecular complexity index is 2850. The number of aliphatic hydroxyl groups excluding tert-OH is 22. The molecule has 106 heavy (non-hydrogen) atoms. The molecule has 0 radical (unpaired) electrons. The molecule has 8 fully saturated rings. The van der Waals surface area contributed by atoms with Gasteiger partial charge in [-0.05, 0) is 6.92 Å². The lowest BCUT2D eigenvalue weighted by molar-refractivity contribution is -0.387. The van der Waals surface area contributed by atoms with Crippen molar-refractivity contribution in [2.24, 2.45) is 0 Å². The molecule has 0 saturated carbocycles. The lowest BCUT2D eigenvalue weighted by atomic mass is 9.90. The third-order valence-electron chi connectivity index (χ3n) is 19.2. The standard InChI is InChI=1S/C59H98N4O43/c1-14-31(76)39(84)41(86)55(93-14)102-46-25(12-69)97-52(92-13-26-36(81)47(29(51(89)94-26)62-17(4)72)103-57-43(88)50(35(80)22(9-66)96-57)106-59(58(90)91)6-19(74)32(77)49(105-59)33(78)20(75)7-64)30(63-18(5)73)48(46)104-54-28(61-16(3)71)38(83)44(23(10-67)98-54)101-56-42(87)40(85)45(24(11-68)99-56)100-53-27(60-15(2)70)37(82)34(79)21(8-65)95-53/h14,19-57,64-69,74-89H,6-13H2,1-5H3,(H,60,70)(H,61,71)(H,62,72)(H,63,73)(H,90,91)/t14-,19-,20+,21+,22+,23+,24+,25+,26+,27+,28+,29+,30+,31+,32+,33+,34+,35-,36-,37+,38+,39+,40+,41-,42+,43+,44+,45-,46+,47+,48+,49+,50-,51+,52+,53+,54-,55-,56-,57-,59-/m0/s1. The second-order valence-corrected chi connectivity index (χ2v) is 26.8. The first-order valence-corrected chi connectivity index (χ1v) is 33.6. The summed E-state index contributed by atoms with van der Waals surface area (Å²) in [5.74, 6) is -9.06. The molecule has 612 valence electrons. The Morgan fingerprint density at radius 1 is 0.406 bits per heavy atom. The van der Waals surface area contributed by atoms with E-state index in [1.165, 1.54) is 6.92 Å². The van der Waals surface area contributed by atoms with Crippen LogP contribution in [0, 0.1) is 0 Å². The van der Waals surface area contributed by atoms with Crippen molar-refractivity contribution >= 4 is 29.6 Å². The van der Waals surface area contributed by atoms with Gasteiger partial charge in [-0.2, -0.15) is 0 Å². The first-order chi connectivity index (χ1) is 49.9. The van der Waals surface area contributed by atoms with E-state index in [1.807, 2.05) is 0 Å². The number of amides is 4. The molecule has 0 aromatic carbocycles. The van der Waals surface area contributed by atoms with Gasteiger partial charge in [0.1, 0.15) is 189 Å². The number of ether oxygens (including phenoxy) is 15. The van der Waals surface area contributed by atoms with E-state index in [-0.39, 0.29) is 0 Å². The zero-order valence-electron chi connectivity index (χ0n) is 57.2. The number of carboxylic acid groups (broad SMARTS) is 1. The first kappa shape index (κ1) is 87.4. The van der Waals surface area contributed by atoms with Crippen LogP contribution in [0.3, 0.4) is 0 Å². The molecule has 47 nitrogen and oxygen atoms in total. The van der Waals surface area contributed by atoms with Crippen molar-refractivity contribution in [2.75, 3.05) is 46.2 Å². The molecule has 27 N–H and O–H groups in total. The molecule has 0 aliphatic carbocycles. The van der Waals surface area contributed by atoms with E-state index in [2.05, 4.69) is 21.3 Å². The summed E-state index contributed by atoms with van der Waals surface area (Å²) in [6.07, 6.45) is -75.2. The highest BCUT2D eigenvalue weighted by atomic mass is 16.8. The Morgan fingerprint density at radius 3 is 1.39 bits per heavy atom. The van der Waals surface area contributed by atoms with Crippen molar-refractivity contribution in [3.8, 4) is 0 Å². The first-order valence-electron chi connectivity index (χ1n) is 33.6. The fourth-order valence-electron chi connectivity index (χ4n) is 13.6. The summed E-state index contributed by atoms with van der Waals surface area (Å²) in [6.45, 7) is -2.65. The van der Waals surface area contributed by atoms with Crippen LogP contribution < -0.4 is 21.3 Å². The van der Waals surface area contributed by atoms with Gasteiger partial charge in [0, 0.05) is 34.1 Å². The highest BCUT2D eigenvalue weighted by Crippen LogP contribution is 2.41. The van der Waals surface area contributed by atoms with E-state index in [1.54, 1.807) is 0 Å². The molecule has 47 heteroatoms. The van der Waals surface area contributed by atoms with E-state index < -0.39 is 333 Å². The molecular weight excluding hydrogens is 1450 g/mol. The maximum atomic E-state index is 13.5. The molecule has 0 spiro atoms. The smallest absolute Gasteiger partial charge is 0.364 e. The van der Waals surface area contributed by atoms with Gasteiger partial charge in [-0.25, -0.2) is 4.79 Å². The van der Waals surface area contributed by atoms with E-state index >= 15 is 0 Å². The average molecular weight is 1550 g/mol. The van der Waals surface area contributed by atoms with Crippen molar-refractivity contribution in [3.63, 3.8) is 0 Å². The monoisotopic (exact) mass is 1550 g/mol. The molecule has 8 rings (SSSR count). The predicted octanol–water partition coefficient (Wildman–Crippen LogP) is -17.6. The summed E-state index contributed by atoms with van der Waals surface area (Å²) in [6, 6.07) is -7.42. The van der Waals surface area contributed by atoms with E-state index in [9.17, 15) is 141 Å². The Morgan fingerprint density at radius 2 is 0.830 bits per heavy atom. The summed E-state index contributed by atoms with van der Waals surface area (Å²) in [7, 11) is 0.